The highest BCUT2D eigenvalue weighted by Crippen LogP contribution is 2.20. The number of rotatable bonds is 11. The van der Waals surface area contributed by atoms with Crippen LogP contribution in [0.5, 0.6) is 0 Å². The Morgan fingerprint density at radius 3 is 2.36 bits per heavy atom. The number of carbonyl (C=O) groups is 2. The van der Waals surface area contributed by atoms with Gasteiger partial charge in [0, 0.05) is 31.1 Å². The fourth-order valence-corrected chi connectivity index (χ4v) is 4.63. The second-order valence-electron chi connectivity index (χ2n) is 8.00. The van der Waals surface area contributed by atoms with Crippen molar-refractivity contribution in [2.45, 2.75) is 46.2 Å². The number of amides is 2. The molecule has 2 amide bonds. The molecule has 2 aromatic rings. The molecule has 180 valence electrons. The smallest absolute Gasteiger partial charge is 0.242 e. The topological polar surface area (TPSA) is 86.8 Å². The fourth-order valence-electron chi connectivity index (χ4n) is 3.45. The Morgan fingerprint density at radius 2 is 1.79 bits per heavy atom. The number of nitrogens with one attached hydrogen (secondary N) is 1. The molecule has 0 aliphatic heterocycles. The van der Waals surface area contributed by atoms with E-state index < -0.39 is 16.1 Å². The van der Waals surface area contributed by atoms with Gasteiger partial charge in [0.1, 0.15) is 6.04 Å². The van der Waals surface area contributed by atoms with Crippen molar-refractivity contribution in [1.29, 1.82) is 0 Å². The van der Waals surface area contributed by atoms with Crippen molar-refractivity contribution in [2.24, 2.45) is 0 Å². The minimum Gasteiger partial charge on any atom is -0.355 e. The molecule has 2 aromatic carbocycles. The number of hydrogen-bond acceptors (Lipinski definition) is 4. The summed E-state index contributed by atoms with van der Waals surface area (Å²) in [5, 5.41) is 3.30. The predicted octanol–water partition coefficient (Wildman–Crippen LogP) is 3.75. The molecule has 0 unspecified atom stereocenters. The van der Waals surface area contributed by atoms with Crippen LogP contribution in [0.1, 0.15) is 37.8 Å². The van der Waals surface area contributed by atoms with Crippen molar-refractivity contribution < 1.29 is 18.0 Å². The van der Waals surface area contributed by atoms with E-state index in [1.165, 1.54) is 9.21 Å². The van der Waals surface area contributed by atoms with Crippen molar-refractivity contribution in [3.8, 4) is 0 Å². The first kappa shape index (κ1) is 26.7. The first-order valence-corrected chi connectivity index (χ1v) is 13.1. The van der Waals surface area contributed by atoms with Gasteiger partial charge in [0.25, 0.3) is 0 Å². The van der Waals surface area contributed by atoms with Crippen LogP contribution >= 0.6 is 11.6 Å². The minimum atomic E-state index is -3.51. The Kier molecular flexibility index (Phi) is 9.73. The molecule has 0 aliphatic rings. The molecule has 0 heterocycles. The van der Waals surface area contributed by atoms with Gasteiger partial charge in [-0.2, -0.15) is 0 Å². The minimum absolute atomic E-state index is 0.0994. The van der Waals surface area contributed by atoms with E-state index in [2.05, 4.69) is 5.32 Å². The van der Waals surface area contributed by atoms with Gasteiger partial charge in [-0.1, -0.05) is 41.4 Å². The number of likely N-dealkylation sites (N-methyl/N-ethyl adjacent to an activating group) is 1. The predicted molar refractivity (Wildman–Crippen MR) is 133 cm³/mol. The van der Waals surface area contributed by atoms with Crippen LogP contribution in [0, 0.1) is 6.92 Å². The molecule has 7 nitrogen and oxygen atoms in total. The molecule has 0 spiro atoms. The maximum absolute atomic E-state index is 13.1. The normalized spacial score (nSPS) is 12.2. The van der Waals surface area contributed by atoms with Gasteiger partial charge in [-0.25, -0.2) is 8.42 Å². The molecule has 0 saturated carbocycles. The second-order valence-corrected chi connectivity index (χ2v) is 10.3. The highest BCUT2D eigenvalue weighted by Gasteiger charge is 2.26. The zero-order chi connectivity index (χ0) is 24.6. The summed E-state index contributed by atoms with van der Waals surface area (Å²) in [6, 6.07) is 13.7. The number of carbonyl (C=O) groups excluding carboxylic acids is 2. The van der Waals surface area contributed by atoms with Crippen LogP contribution < -0.4 is 9.62 Å². The lowest BCUT2D eigenvalue weighted by molar-refractivity contribution is -0.140. The van der Waals surface area contributed by atoms with Gasteiger partial charge in [0.05, 0.1) is 11.9 Å². The summed E-state index contributed by atoms with van der Waals surface area (Å²) in [6.45, 7) is 6.28. The first-order valence-electron chi connectivity index (χ1n) is 10.9. The van der Waals surface area contributed by atoms with Crippen molar-refractivity contribution in [3.05, 3.63) is 64.7 Å². The molecule has 0 fully saturated rings. The number of sulfonamides is 1. The van der Waals surface area contributed by atoms with Crippen molar-refractivity contribution in [1.82, 2.24) is 10.2 Å². The van der Waals surface area contributed by atoms with Crippen molar-refractivity contribution in [2.75, 3.05) is 23.7 Å². The second kappa shape index (κ2) is 12.0. The van der Waals surface area contributed by atoms with Crippen LogP contribution in [-0.2, 0) is 26.2 Å². The summed E-state index contributed by atoms with van der Waals surface area (Å²) in [7, 11) is -3.51. The summed E-state index contributed by atoms with van der Waals surface area (Å²) in [6.07, 6.45) is 1.56. The van der Waals surface area contributed by atoms with Crippen LogP contribution in [0.4, 0.5) is 5.69 Å². The zero-order valence-electron chi connectivity index (χ0n) is 19.5. The maximum atomic E-state index is 13.1. The van der Waals surface area contributed by atoms with Crippen molar-refractivity contribution in [3.63, 3.8) is 0 Å². The molecule has 33 heavy (non-hydrogen) atoms. The third-order valence-corrected chi connectivity index (χ3v) is 6.66. The van der Waals surface area contributed by atoms with E-state index in [4.69, 9.17) is 11.6 Å². The molecule has 1 N–H and O–H groups in total. The largest absolute Gasteiger partial charge is 0.355 e. The van der Waals surface area contributed by atoms with Gasteiger partial charge in [-0.15, -0.1) is 0 Å². The lowest BCUT2D eigenvalue weighted by Crippen LogP contribution is -2.47. The van der Waals surface area contributed by atoms with E-state index in [0.717, 1.165) is 17.4 Å². The molecular formula is C24H32ClN3O4S. The van der Waals surface area contributed by atoms with Gasteiger partial charge in [-0.3, -0.25) is 13.9 Å². The maximum Gasteiger partial charge on any atom is 0.242 e. The number of benzene rings is 2. The van der Waals surface area contributed by atoms with Crippen LogP contribution in [0.15, 0.2) is 48.5 Å². The Labute approximate surface area is 201 Å². The van der Waals surface area contributed by atoms with Gasteiger partial charge in [0.15, 0.2) is 0 Å². The Hall–Kier alpha value is -2.58. The first-order chi connectivity index (χ1) is 15.5. The summed E-state index contributed by atoms with van der Waals surface area (Å²) >= 11 is 6.08. The SMILES string of the molecule is CCNC(=O)[C@H](C)N(Cc1cccc(Cl)c1)C(=O)CCCN(c1ccc(C)cc1)S(C)(=O)=O. The quantitative estimate of drug-likeness (QED) is 0.516. The van der Waals surface area contributed by atoms with Crippen LogP contribution in [0.3, 0.4) is 0 Å². The Balaban J connectivity index is 2.14. The molecule has 9 heteroatoms. The summed E-state index contributed by atoms with van der Waals surface area (Å²) in [5.74, 6) is -0.476. The third-order valence-electron chi connectivity index (χ3n) is 5.23. The Bertz CT molecular complexity index is 1060. The molecule has 0 aromatic heterocycles. The van der Waals surface area contributed by atoms with Crippen LogP contribution in [0.25, 0.3) is 0 Å². The van der Waals surface area contributed by atoms with Gasteiger partial charge in [0.2, 0.25) is 21.8 Å². The number of anilines is 1. The molecule has 2 rings (SSSR count). The highest BCUT2D eigenvalue weighted by molar-refractivity contribution is 7.92. The molecule has 0 saturated heterocycles. The van der Waals surface area contributed by atoms with Gasteiger partial charge >= 0.3 is 0 Å². The molecule has 0 bridgehead atoms. The lowest BCUT2D eigenvalue weighted by atomic mass is 10.1. The van der Waals surface area contributed by atoms with Crippen LogP contribution in [-0.4, -0.2) is 50.5 Å². The summed E-state index contributed by atoms with van der Waals surface area (Å²) in [5.41, 5.74) is 2.39. The van der Waals surface area contributed by atoms with E-state index in [9.17, 15) is 18.0 Å². The van der Waals surface area contributed by atoms with E-state index in [-0.39, 0.29) is 31.3 Å². The summed E-state index contributed by atoms with van der Waals surface area (Å²) in [4.78, 5) is 27.1. The number of nitrogens with zero attached hydrogens (tertiary/aromatic N) is 2. The number of hydrogen-bond donors (Lipinski definition) is 1. The highest BCUT2D eigenvalue weighted by atomic mass is 35.5. The number of aryl methyl sites for hydroxylation is 1. The van der Waals surface area contributed by atoms with E-state index >= 15 is 0 Å². The third kappa shape index (κ3) is 8.05. The molecular weight excluding hydrogens is 462 g/mol. The van der Waals surface area contributed by atoms with Crippen molar-refractivity contribution >= 4 is 39.1 Å². The molecule has 0 aliphatic carbocycles. The monoisotopic (exact) mass is 493 g/mol. The molecule has 0 radical (unpaired) electrons. The zero-order valence-corrected chi connectivity index (χ0v) is 21.1. The lowest BCUT2D eigenvalue weighted by Gasteiger charge is -2.29. The average Bonchev–Trinajstić information content (AvgIpc) is 2.74. The Morgan fingerprint density at radius 1 is 1.12 bits per heavy atom. The summed E-state index contributed by atoms with van der Waals surface area (Å²) < 4.78 is 26.0. The van der Waals surface area contributed by atoms with Crippen LogP contribution in [0.2, 0.25) is 5.02 Å². The van der Waals surface area contributed by atoms with E-state index in [0.29, 0.717) is 23.7 Å². The van der Waals surface area contributed by atoms with E-state index in [1.54, 1.807) is 37.3 Å². The average molecular weight is 494 g/mol. The fraction of sp³-hybridized carbons (Fsp3) is 0.417. The number of halogens is 1. The molecule has 1 atom stereocenters. The standard InChI is InChI=1S/C24H32ClN3O4S/c1-5-26-24(30)19(3)27(17-20-8-6-9-21(25)16-20)23(29)10-7-15-28(33(4,31)32)22-13-11-18(2)12-14-22/h6,8-9,11-14,16,19H,5,7,10,15,17H2,1-4H3,(H,26,30)/t19-/m0/s1. The van der Waals surface area contributed by atoms with E-state index in [1.807, 2.05) is 32.0 Å². The van der Waals surface area contributed by atoms with Gasteiger partial charge in [-0.05, 0) is 57.0 Å². The van der Waals surface area contributed by atoms with Gasteiger partial charge < -0.3 is 10.2 Å².